The van der Waals surface area contributed by atoms with Gasteiger partial charge in [0.1, 0.15) is 0 Å². The van der Waals surface area contributed by atoms with E-state index in [2.05, 4.69) is 4.90 Å². The molecule has 1 fully saturated rings. The number of piperidine rings is 1. The number of nitrogens with zero attached hydrogens (tertiary/aromatic N) is 1. The summed E-state index contributed by atoms with van der Waals surface area (Å²) < 4.78 is 0. The molecule has 0 unspecified atom stereocenters. The van der Waals surface area contributed by atoms with Crippen LogP contribution in [0.4, 0.5) is 0 Å². The first-order chi connectivity index (χ1) is 10.6. The molecule has 1 aliphatic rings. The summed E-state index contributed by atoms with van der Waals surface area (Å²) in [6.45, 7) is 2.98. The minimum atomic E-state index is -0.893. The van der Waals surface area contributed by atoms with E-state index in [1.807, 2.05) is 12.1 Å². The van der Waals surface area contributed by atoms with Gasteiger partial charge in [0.25, 0.3) is 0 Å². The first kappa shape index (κ1) is 16.5. The third-order valence-corrected chi connectivity index (χ3v) is 4.25. The molecule has 0 bridgehead atoms. The van der Waals surface area contributed by atoms with Crippen LogP contribution in [-0.4, -0.2) is 46.7 Å². The lowest BCUT2D eigenvalue weighted by Crippen LogP contribution is -2.35. The van der Waals surface area contributed by atoms with Crippen molar-refractivity contribution in [3.63, 3.8) is 0 Å². The van der Waals surface area contributed by atoms with Crippen LogP contribution in [-0.2, 0) is 4.79 Å². The van der Waals surface area contributed by atoms with Gasteiger partial charge in [0.05, 0.1) is 5.56 Å². The first-order valence-corrected chi connectivity index (χ1v) is 7.83. The largest absolute Gasteiger partial charge is 0.481 e. The Kier molecular flexibility index (Phi) is 5.95. The van der Waals surface area contributed by atoms with Gasteiger partial charge in [0.15, 0.2) is 0 Å². The van der Waals surface area contributed by atoms with Gasteiger partial charge in [-0.25, -0.2) is 4.79 Å². The Labute approximate surface area is 130 Å². The predicted octanol–water partition coefficient (Wildman–Crippen LogP) is 2.82. The highest BCUT2D eigenvalue weighted by atomic mass is 16.4. The Balaban J connectivity index is 1.84. The molecule has 1 saturated heterocycles. The zero-order valence-corrected chi connectivity index (χ0v) is 12.7. The molecule has 0 spiro atoms. The van der Waals surface area contributed by atoms with E-state index >= 15 is 0 Å². The summed E-state index contributed by atoms with van der Waals surface area (Å²) in [6.07, 6.45) is 4.14. The lowest BCUT2D eigenvalue weighted by Gasteiger charge is -2.33. The molecule has 0 radical (unpaired) electrons. The second-order valence-electron chi connectivity index (χ2n) is 5.92. The molecule has 1 aromatic carbocycles. The number of benzene rings is 1. The van der Waals surface area contributed by atoms with Crippen molar-refractivity contribution < 1.29 is 19.8 Å². The molecule has 0 saturated carbocycles. The molecular weight excluding hydrogens is 282 g/mol. The van der Waals surface area contributed by atoms with Crippen molar-refractivity contribution in [1.29, 1.82) is 0 Å². The number of unbranched alkanes of at least 4 members (excludes halogenated alkanes) is 1. The molecule has 120 valence electrons. The van der Waals surface area contributed by atoms with Crippen LogP contribution in [0.5, 0.6) is 0 Å². The van der Waals surface area contributed by atoms with Gasteiger partial charge in [-0.15, -0.1) is 0 Å². The van der Waals surface area contributed by atoms with E-state index in [1.54, 1.807) is 12.1 Å². The Morgan fingerprint density at radius 3 is 2.50 bits per heavy atom. The monoisotopic (exact) mass is 305 g/mol. The third-order valence-electron chi connectivity index (χ3n) is 4.25. The summed E-state index contributed by atoms with van der Waals surface area (Å²) >= 11 is 0. The Morgan fingerprint density at radius 2 is 1.86 bits per heavy atom. The normalized spacial score (nSPS) is 19.0. The average molecular weight is 305 g/mol. The number of likely N-dealkylation sites (tertiary alicyclic amines) is 1. The number of carbonyl (C=O) groups is 2. The number of aliphatic carboxylic acids is 1. The number of rotatable bonds is 7. The molecule has 0 aromatic heterocycles. The van der Waals surface area contributed by atoms with Gasteiger partial charge < -0.3 is 15.1 Å². The van der Waals surface area contributed by atoms with Crippen LogP contribution >= 0.6 is 0 Å². The fraction of sp³-hybridized carbons (Fsp3) is 0.529. The molecule has 0 aliphatic carbocycles. The van der Waals surface area contributed by atoms with Crippen molar-refractivity contribution in [2.24, 2.45) is 0 Å². The van der Waals surface area contributed by atoms with E-state index in [0.717, 1.165) is 45.3 Å². The van der Waals surface area contributed by atoms with Crippen LogP contribution in [0.3, 0.4) is 0 Å². The highest BCUT2D eigenvalue weighted by Gasteiger charge is 2.21. The van der Waals surface area contributed by atoms with Crippen molar-refractivity contribution >= 4 is 11.9 Å². The van der Waals surface area contributed by atoms with E-state index in [1.165, 1.54) is 5.56 Å². The number of hydrogen-bond donors (Lipinski definition) is 2. The minimum absolute atomic E-state index is 0.244. The van der Waals surface area contributed by atoms with Crippen LogP contribution in [0.15, 0.2) is 24.3 Å². The SMILES string of the molecule is O=C(O)CCCCN1CCC[C@@H](c2ccc(C(=O)O)cc2)C1. The van der Waals surface area contributed by atoms with Crippen molar-refractivity contribution in [2.75, 3.05) is 19.6 Å². The molecule has 22 heavy (non-hydrogen) atoms. The van der Waals surface area contributed by atoms with Gasteiger partial charge in [-0.3, -0.25) is 4.79 Å². The van der Waals surface area contributed by atoms with Crippen LogP contribution in [0, 0.1) is 0 Å². The lowest BCUT2D eigenvalue weighted by atomic mass is 9.90. The number of carboxylic acids is 2. The molecular formula is C17H23NO4. The summed E-state index contributed by atoms with van der Waals surface area (Å²) in [7, 11) is 0. The molecule has 1 heterocycles. The molecule has 2 rings (SSSR count). The van der Waals surface area contributed by atoms with Crippen molar-refractivity contribution in [1.82, 2.24) is 4.90 Å². The fourth-order valence-electron chi connectivity index (χ4n) is 3.04. The van der Waals surface area contributed by atoms with Crippen molar-refractivity contribution in [3.8, 4) is 0 Å². The summed E-state index contributed by atoms with van der Waals surface area (Å²) in [5.74, 6) is -1.18. The quantitative estimate of drug-likeness (QED) is 0.757. The maximum absolute atomic E-state index is 10.9. The third kappa shape index (κ3) is 4.84. The van der Waals surface area contributed by atoms with Gasteiger partial charge in [-0.1, -0.05) is 12.1 Å². The summed E-state index contributed by atoms with van der Waals surface area (Å²) in [6, 6.07) is 7.18. The van der Waals surface area contributed by atoms with Crippen LogP contribution in [0.1, 0.15) is 53.9 Å². The molecule has 5 nitrogen and oxygen atoms in total. The van der Waals surface area contributed by atoms with Gasteiger partial charge in [0, 0.05) is 13.0 Å². The van der Waals surface area contributed by atoms with Crippen LogP contribution in [0.25, 0.3) is 0 Å². The summed E-state index contributed by atoms with van der Waals surface area (Å²) in [5, 5.41) is 17.6. The number of aromatic carboxylic acids is 1. The van der Waals surface area contributed by atoms with Crippen LogP contribution in [0.2, 0.25) is 0 Å². The molecule has 2 N–H and O–H groups in total. The van der Waals surface area contributed by atoms with Crippen LogP contribution < -0.4 is 0 Å². The second kappa shape index (κ2) is 7.94. The molecule has 1 aliphatic heterocycles. The van der Waals surface area contributed by atoms with Crippen molar-refractivity contribution in [3.05, 3.63) is 35.4 Å². The number of carboxylic acid groups (broad SMARTS) is 2. The minimum Gasteiger partial charge on any atom is -0.481 e. The van der Waals surface area contributed by atoms with Gasteiger partial charge >= 0.3 is 11.9 Å². The Morgan fingerprint density at radius 1 is 1.14 bits per heavy atom. The Hall–Kier alpha value is -1.88. The zero-order chi connectivity index (χ0) is 15.9. The standard InChI is InChI=1S/C17H23NO4/c19-16(20)5-1-2-10-18-11-3-4-15(12-18)13-6-8-14(9-7-13)17(21)22/h6-9,15H,1-5,10-12H2,(H,19,20)(H,21,22)/t15-/m1/s1. The number of hydrogen-bond acceptors (Lipinski definition) is 3. The smallest absolute Gasteiger partial charge is 0.335 e. The van der Waals surface area contributed by atoms with Gasteiger partial charge in [-0.05, 0) is 62.4 Å². The predicted molar refractivity (Wildman–Crippen MR) is 83.3 cm³/mol. The topological polar surface area (TPSA) is 77.8 Å². The summed E-state index contributed by atoms with van der Waals surface area (Å²) in [5.41, 5.74) is 1.52. The maximum atomic E-state index is 10.9. The highest BCUT2D eigenvalue weighted by molar-refractivity contribution is 5.87. The fourth-order valence-corrected chi connectivity index (χ4v) is 3.04. The van der Waals surface area contributed by atoms with Gasteiger partial charge in [-0.2, -0.15) is 0 Å². The Bertz CT molecular complexity index is 512. The summed E-state index contributed by atoms with van der Waals surface area (Å²) in [4.78, 5) is 23.8. The van der Waals surface area contributed by atoms with E-state index < -0.39 is 11.9 Å². The molecule has 0 amide bonds. The van der Waals surface area contributed by atoms with E-state index in [0.29, 0.717) is 11.5 Å². The molecule has 5 heteroatoms. The second-order valence-corrected chi connectivity index (χ2v) is 5.92. The van der Waals surface area contributed by atoms with E-state index in [4.69, 9.17) is 10.2 Å². The molecule has 1 atom stereocenters. The van der Waals surface area contributed by atoms with E-state index in [-0.39, 0.29) is 6.42 Å². The highest BCUT2D eigenvalue weighted by Crippen LogP contribution is 2.27. The van der Waals surface area contributed by atoms with Gasteiger partial charge in [0.2, 0.25) is 0 Å². The zero-order valence-electron chi connectivity index (χ0n) is 12.7. The average Bonchev–Trinajstić information content (AvgIpc) is 2.52. The van der Waals surface area contributed by atoms with Crippen molar-refractivity contribution in [2.45, 2.75) is 38.0 Å². The first-order valence-electron chi connectivity index (χ1n) is 7.83. The maximum Gasteiger partial charge on any atom is 0.335 e. The lowest BCUT2D eigenvalue weighted by molar-refractivity contribution is -0.137. The molecule has 1 aromatic rings. The van der Waals surface area contributed by atoms with E-state index in [9.17, 15) is 9.59 Å².